The molecule has 6 nitrogen and oxygen atoms in total. The maximum Gasteiger partial charge on any atom is 0.277 e. The van der Waals surface area contributed by atoms with E-state index in [2.05, 4.69) is 15.3 Å². The maximum atomic E-state index is 12.7. The molecular weight excluding hydrogens is 394 g/mol. The van der Waals surface area contributed by atoms with Gasteiger partial charge in [-0.25, -0.2) is 9.97 Å². The molecule has 4 aromatic rings. The molecule has 4 rings (SSSR count). The largest absolute Gasteiger partial charge is 0.496 e. The average Bonchev–Trinajstić information content (AvgIpc) is 3.42. The first kappa shape index (κ1) is 18.4. The van der Waals surface area contributed by atoms with Gasteiger partial charge in [-0.3, -0.25) is 10.1 Å². The van der Waals surface area contributed by atoms with Crippen molar-refractivity contribution in [3.05, 3.63) is 58.1 Å². The zero-order valence-corrected chi connectivity index (χ0v) is 17.1. The molecule has 0 fully saturated rings. The molecular formula is C20H17N3O3S2. The van der Waals surface area contributed by atoms with E-state index in [-0.39, 0.29) is 5.91 Å². The van der Waals surface area contributed by atoms with Crippen LogP contribution in [0.3, 0.4) is 0 Å². The number of ether oxygens (including phenoxy) is 1. The number of amides is 1. The molecule has 28 heavy (non-hydrogen) atoms. The summed E-state index contributed by atoms with van der Waals surface area (Å²) in [6, 6.07) is 9.53. The van der Waals surface area contributed by atoms with E-state index in [1.54, 1.807) is 19.4 Å². The molecule has 8 heteroatoms. The van der Waals surface area contributed by atoms with Gasteiger partial charge in [-0.2, -0.15) is 0 Å². The second-order valence-electron chi connectivity index (χ2n) is 6.10. The summed E-state index contributed by atoms with van der Waals surface area (Å²) in [5.41, 5.74) is 3.13. The summed E-state index contributed by atoms with van der Waals surface area (Å²) in [6.45, 7) is 3.88. The highest BCUT2D eigenvalue weighted by Gasteiger charge is 2.19. The van der Waals surface area contributed by atoms with Gasteiger partial charge < -0.3 is 9.15 Å². The second-order valence-corrected chi connectivity index (χ2v) is 8.16. The zero-order chi connectivity index (χ0) is 19.7. The number of hydrogen-bond donors (Lipinski definition) is 1. The number of anilines is 1. The molecule has 0 saturated heterocycles. The molecule has 142 valence electrons. The van der Waals surface area contributed by atoms with Crippen molar-refractivity contribution in [2.75, 3.05) is 12.4 Å². The van der Waals surface area contributed by atoms with Gasteiger partial charge in [0.15, 0.2) is 15.9 Å². The summed E-state index contributed by atoms with van der Waals surface area (Å²) < 4.78 is 10.8. The maximum absolute atomic E-state index is 12.7. The van der Waals surface area contributed by atoms with Crippen LogP contribution in [0.15, 0.2) is 46.4 Å². The van der Waals surface area contributed by atoms with Crippen LogP contribution in [0.4, 0.5) is 5.13 Å². The Balaban J connectivity index is 1.56. The zero-order valence-electron chi connectivity index (χ0n) is 15.5. The molecule has 3 heterocycles. The average molecular weight is 412 g/mol. The number of nitrogens with zero attached hydrogens (tertiary/aromatic N) is 2. The Labute approximate surface area is 169 Å². The Morgan fingerprint density at radius 1 is 1.21 bits per heavy atom. The SMILES string of the molecule is COc1ccc(C)cc1-c1csc(NC(=O)c2nc(-c3ccco3)sc2C)n1. The highest BCUT2D eigenvalue weighted by molar-refractivity contribution is 7.15. The smallest absolute Gasteiger partial charge is 0.277 e. The normalized spacial score (nSPS) is 10.8. The molecule has 0 bridgehead atoms. The number of carbonyl (C=O) groups is 1. The number of furan rings is 1. The van der Waals surface area contributed by atoms with Gasteiger partial charge in [0.2, 0.25) is 0 Å². The minimum absolute atomic E-state index is 0.288. The molecule has 3 aromatic heterocycles. The third-order valence-corrected chi connectivity index (χ3v) is 5.84. The summed E-state index contributed by atoms with van der Waals surface area (Å²) in [5.74, 6) is 1.10. The Morgan fingerprint density at radius 3 is 2.82 bits per heavy atom. The van der Waals surface area contributed by atoms with Crippen molar-refractivity contribution in [3.63, 3.8) is 0 Å². The van der Waals surface area contributed by atoms with E-state index >= 15 is 0 Å². The molecule has 1 N–H and O–H groups in total. The number of thiazole rings is 2. The minimum Gasteiger partial charge on any atom is -0.496 e. The summed E-state index contributed by atoms with van der Waals surface area (Å²) in [4.78, 5) is 22.5. The van der Waals surface area contributed by atoms with Crippen molar-refractivity contribution in [2.24, 2.45) is 0 Å². The number of methoxy groups -OCH3 is 1. The first-order valence-corrected chi connectivity index (χ1v) is 10.2. The van der Waals surface area contributed by atoms with Gasteiger partial charge in [-0.15, -0.1) is 22.7 Å². The van der Waals surface area contributed by atoms with Crippen LogP contribution in [-0.2, 0) is 0 Å². The van der Waals surface area contributed by atoms with E-state index in [0.717, 1.165) is 27.4 Å². The number of carbonyl (C=O) groups excluding carboxylic acids is 1. The van der Waals surface area contributed by atoms with Gasteiger partial charge in [0.25, 0.3) is 5.91 Å². The Kier molecular flexibility index (Phi) is 4.97. The van der Waals surface area contributed by atoms with E-state index in [1.165, 1.54) is 22.7 Å². The summed E-state index contributed by atoms with van der Waals surface area (Å²) in [6.07, 6.45) is 1.59. The van der Waals surface area contributed by atoms with Gasteiger partial charge in [0.1, 0.15) is 11.4 Å². The van der Waals surface area contributed by atoms with Crippen LogP contribution in [0.2, 0.25) is 0 Å². The Bertz CT molecular complexity index is 1130. The van der Waals surface area contributed by atoms with E-state index in [4.69, 9.17) is 9.15 Å². The van der Waals surface area contributed by atoms with Crippen LogP contribution < -0.4 is 10.1 Å². The Hall–Kier alpha value is -2.97. The number of hydrogen-bond acceptors (Lipinski definition) is 7. The molecule has 0 aliphatic heterocycles. The fourth-order valence-corrected chi connectivity index (χ4v) is 4.33. The molecule has 0 aliphatic rings. The van der Waals surface area contributed by atoms with E-state index in [1.807, 2.05) is 43.5 Å². The van der Waals surface area contributed by atoms with Gasteiger partial charge in [0.05, 0.1) is 19.1 Å². The standard InChI is InChI=1S/C20H17N3O3S2/c1-11-6-7-15(25-3)13(9-11)14-10-27-20(21-14)23-18(24)17-12(2)28-19(22-17)16-5-4-8-26-16/h4-10H,1-3H3,(H,21,23,24). The molecule has 0 saturated carbocycles. The minimum atomic E-state index is -0.288. The van der Waals surface area contributed by atoms with Crippen molar-refractivity contribution < 1.29 is 13.9 Å². The predicted molar refractivity (Wildman–Crippen MR) is 111 cm³/mol. The van der Waals surface area contributed by atoms with Crippen LogP contribution >= 0.6 is 22.7 Å². The first-order valence-electron chi connectivity index (χ1n) is 8.48. The first-order chi connectivity index (χ1) is 13.5. The fraction of sp³-hybridized carbons (Fsp3) is 0.150. The number of aromatic nitrogens is 2. The van der Waals surface area contributed by atoms with E-state index in [9.17, 15) is 4.79 Å². The fourth-order valence-electron chi connectivity index (χ4n) is 2.75. The topological polar surface area (TPSA) is 77.2 Å². The van der Waals surface area contributed by atoms with Crippen LogP contribution in [0.25, 0.3) is 22.0 Å². The van der Waals surface area contributed by atoms with Crippen molar-refractivity contribution in [2.45, 2.75) is 13.8 Å². The predicted octanol–water partition coefficient (Wildman–Crippen LogP) is 5.40. The molecule has 0 atom stereocenters. The molecule has 1 aromatic carbocycles. The molecule has 1 amide bonds. The Morgan fingerprint density at radius 2 is 2.07 bits per heavy atom. The highest BCUT2D eigenvalue weighted by atomic mass is 32.1. The third-order valence-electron chi connectivity index (χ3n) is 4.10. The number of benzene rings is 1. The lowest BCUT2D eigenvalue weighted by Gasteiger charge is -2.07. The van der Waals surface area contributed by atoms with Crippen LogP contribution in [0.5, 0.6) is 5.75 Å². The lowest BCUT2D eigenvalue weighted by Crippen LogP contribution is -2.13. The molecule has 0 radical (unpaired) electrons. The summed E-state index contributed by atoms with van der Waals surface area (Å²) >= 11 is 2.78. The molecule has 0 spiro atoms. The van der Waals surface area contributed by atoms with Crippen molar-refractivity contribution in [1.82, 2.24) is 9.97 Å². The quantitative estimate of drug-likeness (QED) is 0.475. The lowest BCUT2D eigenvalue weighted by atomic mass is 10.1. The monoisotopic (exact) mass is 411 g/mol. The number of rotatable bonds is 5. The van der Waals surface area contributed by atoms with Crippen molar-refractivity contribution >= 4 is 33.7 Å². The molecule has 0 aliphatic carbocycles. The lowest BCUT2D eigenvalue weighted by molar-refractivity contribution is 0.102. The van der Waals surface area contributed by atoms with Crippen molar-refractivity contribution in [3.8, 4) is 27.8 Å². The van der Waals surface area contributed by atoms with E-state index < -0.39 is 0 Å². The van der Waals surface area contributed by atoms with Gasteiger partial charge in [-0.05, 0) is 38.1 Å². The van der Waals surface area contributed by atoms with Crippen LogP contribution in [0.1, 0.15) is 20.9 Å². The van der Waals surface area contributed by atoms with Gasteiger partial charge in [0, 0.05) is 15.8 Å². The van der Waals surface area contributed by atoms with Gasteiger partial charge >= 0.3 is 0 Å². The van der Waals surface area contributed by atoms with Crippen LogP contribution in [0, 0.1) is 13.8 Å². The number of nitrogens with one attached hydrogen (secondary N) is 1. The van der Waals surface area contributed by atoms with Crippen molar-refractivity contribution in [1.29, 1.82) is 0 Å². The van der Waals surface area contributed by atoms with Gasteiger partial charge in [-0.1, -0.05) is 11.6 Å². The summed E-state index contributed by atoms with van der Waals surface area (Å²) in [7, 11) is 1.63. The molecule has 0 unspecified atom stereocenters. The third kappa shape index (κ3) is 3.56. The van der Waals surface area contributed by atoms with E-state index in [0.29, 0.717) is 21.6 Å². The number of aryl methyl sites for hydroxylation is 2. The second kappa shape index (κ2) is 7.57. The highest BCUT2D eigenvalue weighted by Crippen LogP contribution is 2.33. The van der Waals surface area contributed by atoms with Crippen LogP contribution in [-0.4, -0.2) is 23.0 Å². The summed E-state index contributed by atoms with van der Waals surface area (Å²) in [5, 5.41) is 5.93.